The van der Waals surface area contributed by atoms with Crippen LogP contribution in [0.5, 0.6) is 0 Å². The molecule has 0 atom stereocenters. The molecule has 78 valence electrons. The van der Waals surface area contributed by atoms with Crippen LogP contribution in [-0.4, -0.2) is 20.0 Å². The van der Waals surface area contributed by atoms with E-state index in [4.69, 9.17) is 9.47 Å². The Labute approximate surface area is 100 Å². The number of hydrogen-bond acceptors (Lipinski definition) is 2. The van der Waals surface area contributed by atoms with E-state index < -0.39 is 0 Å². The maximum absolute atomic E-state index is 5.23. The normalized spacial score (nSPS) is 10.4. The Balaban J connectivity index is 0. The molecule has 0 rings (SSSR count). The largest absolute Gasteiger partial charge is 1.00 e. The van der Waals surface area contributed by atoms with Crippen LogP contribution in [0.15, 0.2) is 12.2 Å². The molecule has 0 bridgehead atoms. The number of ether oxygens (including phenoxy) is 2. The van der Waals surface area contributed by atoms with E-state index in [1.165, 1.54) is 6.42 Å². The number of rotatable bonds is 9. The molecule has 0 aromatic rings. The maximum atomic E-state index is 5.23. The molecule has 0 radical (unpaired) electrons. The topological polar surface area (TPSA) is 18.5 Å². The van der Waals surface area contributed by atoms with E-state index in [0.717, 1.165) is 32.5 Å². The van der Waals surface area contributed by atoms with E-state index in [-0.39, 0.29) is 18.9 Å². The Morgan fingerprint density at radius 2 is 1.86 bits per heavy atom. The zero-order chi connectivity index (χ0) is 9.78. The fraction of sp³-hybridized carbons (Fsp3) is 0.727. The minimum absolute atomic E-state index is 0. The van der Waals surface area contributed by atoms with Gasteiger partial charge in [0.05, 0.1) is 6.61 Å². The van der Waals surface area contributed by atoms with Crippen molar-refractivity contribution < 1.29 is 28.3 Å². The third kappa shape index (κ3) is 14.8. The molecule has 0 unspecified atom stereocenters. The van der Waals surface area contributed by atoms with Gasteiger partial charge in [0.2, 0.25) is 0 Å². The zero-order valence-electron chi connectivity index (χ0n) is 9.63. The molecular formula is C11H21LiO2. The first kappa shape index (κ1) is 16.7. The summed E-state index contributed by atoms with van der Waals surface area (Å²) in [6, 6.07) is 0. The molecule has 0 fully saturated rings. The molecule has 3 heteroatoms. The van der Waals surface area contributed by atoms with E-state index in [1.807, 2.05) is 6.08 Å². The van der Waals surface area contributed by atoms with Crippen LogP contribution in [0.4, 0.5) is 0 Å². The molecule has 0 aliphatic heterocycles. The van der Waals surface area contributed by atoms with E-state index in [2.05, 4.69) is 19.9 Å². The smallest absolute Gasteiger partial charge is 0.355 e. The summed E-state index contributed by atoms with van der Waals surface area (Å²) in [5.74, 6) is 0. The first-order valence-electron chi connectivity index (χ1n) is 5.01. The van der Waals surface area contributed by atoms with Gasteiger partial charge in [0, 0.05) is 6.61 Å². The predicted octanol–water partition coefficient (Wildman–Crippen LogP) is -0.0483. The van der Waals surface area contributed by atoms with Crippen molar-refractivity contribution in [2.75, 3.05) is 20.0 Å². The van der Waals surface area contributed by atoms with Crippen molar-refractivity contribution in [3.63, 3.8) is 0 Å². The molecule has 14 heavy (non-hydrogen) atoms. The molecular weight excluding hydrogens is 171 g/mol. The fourth-order valence-corrected chi connectivity index (χ4v) is 0.810. The second kappa shape index (κ2) is 15.7. The second-order valence-electron chi connectivity index (χ2n) is 2.84. The molecule has 0 aromatic heterocycles. The molecule has 0 spiro atoms. The second-order valence-corrected chi connectivity index (χ2v) is 2.84. The van der Waals surface area contributed by atoms with E-state index >= 15 is 0 Å². The van der Waals surface area contributed by atoms with Gasteiger partial charge in [-0.05, 0) is 12.8 Å². The summed E-state index contributed by atoms with van der Waals surface area (Å²) in [6.07, 6.45) is 8.22. The van der Waals surface area contributed by atoms with Crippen molar-refractivity contribution >= 4 is 0 Å². The SMILES string of the molecule is [CH2-]C/C=C\CCOCOCCCC.[Li+]. The maximum Gasteiger partial charge on any atom is 1.00 e. The Morgan fingerprint density at radius 1 is 1.14 bits per heavy atom. The summed E-state index contributed by atoms with van der Waals surface area (Å²) in [5.41, 5.74) is 0. The number of unbranched alkanes of at least 4 members (excludes halogenated alkanes) is 1. The van der Waals surface area contributed by atoms with Crippen LogP contribution < -0.4 is 18.9 Å². The minimum Gasteiger partial charge on any atom is -0.355 e. The Morgan fingerprint density at radius 3 is 2.50 bits per heavy atom. The van der Waals surface area contributed by atoms with E-state index in [9.17, 15) is 0 Å². The Kier molecular flexibility index (Phi) is 18.7. The first-order chi connectivity index (χ1) is 6.41. The van der Waals surface area contributed by atoms with Gasteiger partial charge in [0.25, 0.3) is 0 Å². The van der Waals surface area contributed by atoms with Crippen LogP contribution in [0.25, 0.3) is 0 Å². The average molecular weight is 192 g/mol. The van der Waals surface area contributed by atoms with Crippen LogP contribution in [0.1, 0.15) is 32.6 Å². The van der Waals surface area contributed by atoms with Crippen molar-refractivity contribution in [3.05, 3.63) is 19.1 Å². The summed E-state index contributed by atoms with van der Waals surface area (Å²) in [4.78, 5) is 0. The molecule has 0 amide bonds. The number of hydrogen-bond donors (Lipinski definition) is 0. The molecule has 0 heterocycles. The van der Waals surface area contributed by atoms with E-state index in [1.54, 1.807) is 0 Å². The minimum atomic E-state index is 0. The molecule has 0 saturated heterocycles. The van der Waals surface area contributed by atoms with Crippen LogP contribution in [0.2, 0.25) is 0 Å². The quantitative estimate of drug-likeness (QED) is 0.168. The third-order valence-corrected chi connectivity index (χ3v) is 1.57. The molecule has 0 saturated carbocycles. The zero-order valence-corrected chi connectivity index (χ0v) is 9.63. The Hall–Kier alpha value is 0.257. The van der Waals surface area contributed by atoms with Gasteiger partial charge in [0.1, 0.15) is 6.79 Å². The van der Waals surface area contributed by atoms with Gasteiger partial charge >= 0.3 is 18.9 Å². The Bertz CT molecular complexity index is 116. The van der Waals surface area contributed by atoms with Gasteiger partial charge in [-0.2, -0.15) is 6.42 Å². The summed E-state index contributed by atoms with van der Waals surface area (Å²) >= 11 is 0. The predicted molar refractivity (Wildman–Crippen MR) is 55.4 cm³/mol. The van der Waals surface area contributed by atoms with Gasteiger partial charge in [-0.15, -0.1) is 6.08 Å². The van der Waals surface area contributed by atoms with E-state index in [0.29, 0.717) is 6.79 Å². The number of allylic oxidation sites excluding steroid dienone is 1. The fourth-order valence-electron chi connectivity index (χ4n) is 0.810. The van der Waals surface area contributed by atoms with Gasteiger partial charge in [-0.25, -0.2) is 0 Å². The van der Waals surface area contributed by atoms with Crippen molar-refractivity contribution in [2.24, 2.45) is 0 Å². The monoisotopic (exact) mass is 192 g/mol. The average Bonchev–Trinajstić information content (AvgIpc) is 2.16. The molecule has 0 N–H and O–H groups in total. The molecule has 2 nitrogen and oxygen atoms in total. The summed E-state index contributed by atoms with van der Waals surface area (Å²) in [5, 5.41) is 0. The standard InChI is InChI=1S/C11H21O2.Li/c1-3-5-7-8-10-13-11-12-9-6-4-2;/h5,7H,1,3-4,6,8-11H2,2H3;/q-1;+1/b7-5-;. The summed E-state index contributed by atoms with van der Waals surface area (Å²) in [7, 11) is 0. The van der Waals surface area contributed by atoms with Gasteiger partial charge in [0.15, 0.2) is 0 Å². The van der Waals surface area contributed by atoms with Gasteiger partial charge in [-0.3, -0.25) is 0 Å². The van der Waals surface area contributed by atoms with Crippen molar-refractivity contribution in [2.45, 2.75) is 32.6 Å². The summed E-state index contributed by atoms with van der Waals surface area (Å²) < 4.78 is 10.5. The van der Waals surface area contributed by atoms with Crippen LogP contribution in [-0.2, 0) is 9.47 Å². The molecule has 0 aromatic carbocycles. The molecule has 0 aliphatic rings. The summed E-state index contributed by atoms with van der Waals surface area (Å²) in [6.45, 7) is 7.83. The van der Waals surface area contributed by atoms with Crippen LogP contribution >= 0.6 is 0 Å². The van der Waals surface area contributed by atoms with Crippen LogP contribution in [0, 0.1) is 6.92 Å². The van der Waals surface area contributed by atoms with Gasteiger partial charge in [-0.1, -0.05) is 19.4 Å². The molecule has 0 aliphatic carbocycles. The van der Waals surface area contributed by atoms with Crippen LogP contribution in [0.3, 0.4) is 0 Å². The van der Waals surface area contributed by atoms with Crippen molar-refractivity contribution in [1.29, 1.82) is 0 Å². The third-order valence-electron chi connectivity index (χ3n) is 1.57. The van der Waals surface area contributed by atoms with Gasteiger partial charge < -0.3 is 16.4 Å². The van der Waals surface area contributed by atoms with Crippen molar-refractivity contribution in [1.82, 2.24) is 0 Å². The first-order valence-corrected chi connectivity index (χ1v) is 5.01. The van der Waals surface area contributed by atoms with Crippen molar-refractivity contribution in [3.8, 4) is 0 Å².